The number of nitrogens with one attached hydrogen (secondary N) is 3. The molecule has 144 valence electrons. The van der Waals surface area contributed by atoms with Crippen LogP contribution in [-0.2, 0) is 9.59 Å². The Balaban J connectivity index is 2.55. The molecule has 1 aromatic rings. The van der Waals surface area contributed by atoms with Crippen LogP contribution >= 0.6 is 0 Å². The second kappa shape index (κ2) is 10.5. The molecule has 3 N–H and O–H groups in total. The molecule has 0 aliphatic carbocycles. The monoisotopic (exact) mass is 365 g/mol. The number of hydrogen-bond donors (Lipinski definition) is 3. The molecule has 0 aliphatic rings. The first-order chi connectivity index (χ1) is 12.2. The van der Waals surface area contributed by atoms with Gasteiger partial charge in [-0.15, -0.1) is 0 Å². The molecule has 0 spiro atoms. The fourth-order valence-electron chi connectivity index (χ4n) is 2.22. The Morgan fingerprint density at radius 2 is 1.65 bits per heavy atom. The Labute approximate surface area is 153 Å². The topological polar surface area (TPSA) is 87.3 Å². The minimum atomic E-state index is -0.745. The smallest absolute Gasteiger partial charge is 0.251 e. The molecule has 2 atom stereocenters. The summed E-state index contributed by atoms with van der Waals surface area (Å²) in [6.45, 7) is 7.70. The Morgan fingerprint density at radius 3 is 2.19 bits per heavy atom. The summed E-state index contributed by atoms with van der Waals surface area (Å²) in [6.07, 6.45) is 1.01. The van der Waals surface area contributed by atoms with E-state index in [0.29, 0.717) is 0 Å². The van der Waals surface area contributed by atoms with Crippen molar-refractivity contribution in [1.82, 2.24) is 16.0 Å². The van der Waals surface area contributed by atoms with Gasteiger partial charge in [-0.1, -0.05) is 20.8 Å². The lowest BCUT2D eigenvalue weighted by atomic mass is 10.0. The maximum absolute atomic E-state index is 12.9. The summed E-state index contributed by atoms with van der Waals surface area (Å²) >= 11 is 0. The summed E-state index contributed by atoms with van der Waals surface area (Å²) in [5.41, 5.74) is 0.276. The Bertz CT molecular complexity index is 617. The molecule has 0 aromatic heterocycles. The van der Waals surface area contributed by atoms with E-state index in [9.17, 15) is 18.8 Å². The van der Waals surface area contributed by atoms with Crippen LogP contribution in [0.5, 0.6) is 0 Å². The van der Waals surface area contributed by atoms with Crippen molar-refractivity contribution in [3.8, 4) is 0 Å². The molecule has 0 bridgehead atoms. The van der Waals surface area contributed by atoms with Crippen molar-refractivity contribution in [2.24, 2.45) is 5.92 Å². The minimum Gasteiger partial charge on any atom is -0.354 e. The van der Waals surface area contributed by atoms with Gasteiger partial charge >= 0.3 is 0 Å². The van der Waals surface area contributed by atoms with E-state index in [4.69, 9.17) is 0 Å². The van der Waals surface area contributed by atoms with Crippen molar-refractivity contribution in [3.63, 3.8) is 0 Å². The zero-order chi connectivity index (χ0) is 19.7. The van der Waals surface area contributed by atoms with Gasteiger partial charge < -0.3 is 16.0 Å². The molecular formula is C19H28FN3O3. The molecule has 1 rings (SSSR count). The third-order valence-corrected chi connectivity index (χ3v) is 4.01. The minimum absolute atomic E-state index is 0.0941. The highest BCUT2D eigenvalue weighted by Crippen LogP contribution is 2.07. The van der Waals surface area contributed by atoms with Crippen LogP contribution in [0.15, 0.2) is 24.3 Å². The van der Waals surface area contributed by atoms with E-state index in [1.54, 1.807) is 0 Å². The van der Waals surface area contributed by atoms with Gasteiger partial charge in [-0.25, -0.2) is 4.39 Å². The highest BCUT2D eigenvalue weighted by atomic mass is 19.1. The van der Waals surface area contributed by atoms with Gasteiger partial charge in [-0.2, -0.15) is 0 Å². The van der Waals surface area contributed by atoms with E-state index in [1.165, 1.54) is 24.3 Å². The zero-order valence-corrected chi connectivity index (χ0v) is 15.8. The van der Waals surface area contributed by atoms with Crippen LogP contribution in [0.1, 0.15) is 50.9 Å². The quantitative estimate of drug-likeness (QED) is 0.625. The fraction of sp³-hybridized carbons (Fsp3) is 0.526. The second-order valence-corrected chi connectivity index (χ2v) is 6.62. The summed E-state index contributed by atoms with van der Waals surface area (Å²) in [5.74, 6) is -1.51. The molecule has 0 heterocycles. The van der Waals surface area contributed by atoms with Crippen molar-refractivity contribution in [1.29, 1.82) is 0 Å². The van der Waals surface area contributed by atoms with Gasteiger partial charge in [-0.05, 0) is 43.5 Å². The number of hydrogen-bond acceptors (Lipinski definition) is 3. The highest BCUT2D eigenvalue weighted by Gasteiger charge is 2.24. The molecule has 3 amide bonds. The van der Waals surface area contributed by atoms with Gasteiger partial charge in [0.05, 0.1) is 0 Å². The highest BCUT2D eigenvalue weighted by molar-refractivity contribution is 5.97. The SMILES string of the molecule is CCC(C)NC(=O)CCNC(=O)C(NC(=O)c1ccc(F)cc1)C(C)C. The lowest BCUT2D eigenvalue weighted by molar-refractivity contribution is -0.124. The molecule has 1 aromatic carbocycles. The maximum atomic E-state index is 12.9. The summed E-state index contributed by atoms with van der Waals surface area (Å²) in [6, 6.07) is 4.45. The predicted molar refractivity (Wildman–Crippen MR) is 98.0 cm³/mol. The number of rotatable bonds is 9. The van der Waals surface area contributed by atoms with Crippen molar-refractivity contribution < 1.29 is 18.8 Å². The van der Waals surface area contributed by atoms with E-state index in [1.807, 2.05) is 27.7 Å². The molecule has 6 nitrogen and oxygen atoms in total. The molecule has 0 aliphatic heterocycles. The Morgan fingerprint density at radius 1 is 1.04 bits per heavy atom. The molecule has 0 radical (unpaired) electrons. The van der Waals surface area contributed by atoms with Gasteiger partial charge in [0.15, 0.2) is 0 Å². The molecule has 0 saturated heterocycles. The standard InChI is InChI=1S/C19H28FN3O3/c1-5-13(4)22-16(24)10-11-21-19(26)17(12(2)3)23-18(25)14-6-8-15(20)9-7-14/h6-9,12-13,17H,5,10-11H2,1-4H3,(H,21,26)(H,22,24)(H,23,25). The molecular weight excluding hydrogens is 337 g/mol. The van der Waals surface area contributed by atoms with Crippen LogP contribution in [0.3, 0.4) is 0 Å². The fourth-order valence-corrected chi connectivity index (χ4v) is 2.22. The third kappa shape index (κ3) is 7.21. The molecule has 0 saturated carbocycles. The maximum Gasteiger partial charge on any atom is 0.251 e. The van der Waals surface area contributed by atoms with Crippen LogP contribution in [0, 0.1) is 11.7 Å². The van der Waals surface area contributed by atoms with Crippen molar-refractivity contribution >= 4 is 17.7 Å². The molecule has 0 fully saturated rings. The van der Waals surface area contributed by atoms with Crippen molar-refractivity contribution in [2.45, 2.75) is 52.6 Å². The molecule has 2 unspecified atom stereocenters. The van der Waals surface area contributed by atoms with Crippen LogP contribution < -0.4 is 16.0 Å². The van der Waals surface area contributed by atoms with Crippen LogP contribution in [-0.4, -0.2) is 36.3 Å². The molecule has 26 heavy (non-hydrogen) atoms. The van der Waals surface area contributed by atoms with E-state index in [-0.39, 0.29) is 42.3 Å². The van der Waals surface area contributed by atoms with E-state index in [2.05, 4.69) is 16.0 Å². The lowest BCUT2D eigenvalue weighted by Gasteiger charge is -2.22. The third-order valence-electron chi connectivity index (χ3n) is 4.01. The predicted octanol–water partition coefficient (Wildman–Crippen LogP) is 2.00. The van der Waals surface area contributed by atoms with Crippen LogP contribution in [0.2, 0.25) is 0 Å². The lowest BCUT2D eigenvalue weighted by Crippen LogP contribution is -2.50. The number of benzene rings is 1. The summed E-state index contributed by atoms with van der Waals surface area (Å²) in [7, 11) is 0. The van der Waals surface area contributed by atoms with E-state index in [0.717, 1.165) is 6.42 Å². The molecule has 7 heteroatoms. The van der Waals surface area contributed by atoms with Crippen molar-refractivity contribution in [3.05, 3.63) is 35.6 Å². The average molecular weight is 365 g/mol. The summed E-state index contributed by atoms with van der Waals surface area (Å²) < 4.78 is 12.9. The number of carbonyl (C=O) groups excluding carboxylic acids is 3. The van der Waals surface area contributed by atoms with Crippen LogP contribution in [0.25, 0.3) is 0 Å². The van der Waals surface area contributed by atoms with Gasteiger partial charge in [-0.3, -0.25) is 14.4 Å². The van der Waals surface area contributed by atoms with Gasteiger partial charge in [0, 0.05) is 24.6 Å². The first-order valence-corrected chi connectivity index (χ1v) is 8.88. The number of halogens is 1. The summed E-state index contributed by atoms with van der Waals surface area (Å²) in [5, 5.41) is 8.16. The first kappa shape index (κ1) is 21.6. The number of carbonyl (C=O) groups is 3. The Kier molecular flexibility index (Phi) is 8.75. The van der Waals surface area contributed by atoms with Gasteiger partial charge in [0.25, 0.3) is 5.91 Å². The normalized spacial score (nSPS) is 13.0. The Hall–Kier alpha value is -2.44. The van der Waals surface area contributed by atoms with E-state index < -0.39 is 17.8 Å². The average Bonchev–Trinajstić information content (AvgIpc) is 2.59. The number of amides is 3. The van der Waals surface area contributed by atoms with Crippen LogP contribution in [0.4, 0.5) is 4.39 Å². The zero-order valence-electron chi connectivity index (χ0n) is 15.8. The van der Waals surface area contributed by atoms with Crippen molar-refractivity contribution in [2.75, 3.05) is 6.54 Å². The van der Waals surface area contributed by atoms with Gasteiger partial charge in [0.1, 0.15) is 11.9 Å². The first-order valence-electron chi connectivity index (χ1n) is 8.88. The van der Waals surface area contributed by atoms with E-state index >= 15 is 0 Å². The summed E-state index contributed by atoms with van der Waals surface area (Å²) in [4.78, 5) is 36.3. The second-order valence-electron chi connectivity index (χ2n) is 6.62. The van der Waals surface area contributed by atoms with Gasteiger partial charge in [0.2, 0.25) is 11.8 Å². The largest absolute Gasteiger partial charge is 0.354 e.